The molecule has 1 amide bonds. The second-order valence-electron chi connectivity index (χ2n) is 6.10. The first-order chi connectivity index (χ1) is 12.1. The number of carbonyl (C=O) groups is 1. The molecule has 0 atom stereocenters. The van der Waals surface area contributed by atoms with Gasteiger partial charge in [-0.15, -0.1) is 11.3 Å². The number of hydrogen-bond acceptors (Lipinski definition) is 7. The molecule has 1 aliphatic carbocycles. The largest absolute Gasteiger partial charge is 0.310 e. The number of rotatable bonds is 4. The highest BCUT2D eigenvalue weighted by molar-refractivity contribution is 7.18. The summed E-state index contributed by atoms with van der Waals surface area (Å²) in [7, 11) is 0. The molecule has 25 heavy (non-hydrogen) atoms. The molecule has 1 aliphatic rings. The van der Waals surface area contributed by atoms with Crippen LogP contribution in [-0.2, 0) is 24.1 Å². The molecule has 0 spiro atoms. The van der Waals surface area contributed by atoms with Crippen molar-refractivity contribution < 1.29 is 4.79 Å². The van der Waals surface area contributed by atoms with Gasteiger partial charge >= 0.3 is 0 Å². The third-order valence-electron chi connectivity index (χ3n) is 4.24. The van der Waals surface area contributed by atoms with Crippen LogP contribution >= 0.6 is 22.9 Å². The van der Waals surface area contributed by atoms with Crippen molar-refractivity contribution in [1.29, 1.82) is 0 Å². The van der Waals surface area contributed by atoms with E-state index < -0.39 is 0 Å². The predicted octanol–water partition coefficient (Wildman–Crippen LogP) is 2.59. The summed E-state index contributed by atoms with van der Waals surface area (Å²) in [4.78, 5) is 38.1. The molecule has 0 aliphatic heterocycles. The van der Waals surface area contributed by atoms with E-state index in [9.17, 15) is 9.59 Å². The Morgan fingerprint density at radius 3 is 2.92 bits per heavy atom. The summed E-state index contributed by atoms with van der Waals surface area (Å²) >= 11 is 2.77. The molecule has 3 aromatic rings. The number of hydrogen-bond donors (Lipinski definition) is 2. The molecule has 9 heteroatoms. The average Bonchev–Trinajstić information content (AvgIpc) is 3.16. The van der Waals surface area contributed by atoms with Crippen molar-refractivity contribution >= 4 is 44.1 Å². The number of H-pyrrole nitrogens is 1. The molecule has 7 nitrogen and oxygen atoms in total. The summed E-state index contributed by atoms with van der Waals surface area (Å²) in [6.45, 7) is 1.77. The summed E-state index contributed by atoms with van der Waals surface area (Å²) in [5.74, 6) is 1.03. The highest BCUT2D eigenvalue weighted by Gasteiger charge is 2.20. The Labute approximate surface area is 151 Å². The van der Waals surface area contributed by atoms with E-state index in [1.54, 1.807) is 18.3 Å². The van der Waals surface area contributed by atoms with Crippen LogP contribution in [-0.4, -0.2) is 25.2 Å². The molecule has 0 saturated heterocycles. The summed E-state index contributed by atoms with van der Waals surface area (Å²) < 4.78 is 4.02. The number of thiophene rings is 1. The SMILES string of the molecule is Cc1nsc(NC(=O)CCc2nc3sc4c(c3c(=O)[nH]2)CCCC4)n1. The van der Waals surface area contributed by atoms with E-state index in [1.807, 2.05) is 0 Å². The minimum absolute atomic E-state index is 0.0837. The van der Waals surface area contributed by atoms with Gasteiger partial charge in [-0.3, -0.25) is 9.59 Å². The van der Waals surface area contributed by atoms with Gasteiger partial charge in [-0.2, -0.15) is 4.37 Å². The van der Waals surface area contributed by atoms with Crippen LogP contribution in [0.25, 0.3) is 10.2 Å². The Hall–Kier alpha value is -2.13. The lowest BCUT2D eigenvalue weighted by Crippen LogP contribution is -2.16. The van der Waals surface area contributed by atoms with Gasteiger partial charge in [-0.1, -0.05) is 0 Å². The zero-order valence-corrected chi connectivity index (χ0v) is 15.4. The molecule has 0 aromatic carbocycles. The van der Waals surface area contributed by atoms with E-state index in [0.717, 1.165) is 41.0 Å². The maximum Gasteiger partial charge on any atom is 0.259 e. The minimum atomic E-state index is -0.163. The number of aromatic nitrogens is 4. The molecule has 0 radical (unpaired) electrons. The fraction of sp³-hybridized carbons (Fsp3) is 0.438. The smallest absolute Gasteiger partial charge is 0.259 e. The molecule has 0 saturated carbocycles. The van der Waals surface area contributed by atoms with E-state index in [0.29, 0.717) is 23.2 Å². The average molecular weight is 375 g/mol. The molecule has 0 fully saturated rings. The number of nitrogens with one attached hydrogen (secondary N) is 2. The molecule has 3 aromatic heterocycles. The Morgan fingerprint density at radius 2 is 2.12 bits per heavy atom. The van der Waals surface area contributed by atoms with E-state index in [4.69, 9.17) is 0 Å². The maximum absolute atomic E-state index is 12.5. The van der Waals surface area contributed by atoms with E-state index in [2.05, 4.69) is 24.6 Å². The summed E-state index contributed by atoms with van der Waals surface area (Å²) in [5.41, 5.74) is 1.09. The Bertz CT molecular complexity index is 1000. The van der Waals surface area contributed by atoms with Gasteiger partial charge in [0.2, 0.25) is 11.0 Å². The van der Waals surface area contributed by atoms with Crippen LogP contribution in [0, 0.1) is 6.92 Å². The van der Waals surface area contributed by atoms with E-state index >= 15 is 0 Å². The normalized spacial score (nSPS) is 13.8. The quantitative estimate of drug-likeness (QED) is 0.730. The number of aryl methyl sites for hydroxylation is 4. The van der Waals surface area contributed by atoms with Gasteiger partial charge in [0.15, 0.2) is 0 Å². The topological polar surface area (TPSA) is 101 Å². The Morgan fingerprint density at radius 1 is 1.28 bits per heavy atom. The molecular weight excluding hydrogens is 358 g/mol. The van der Waals surface area contributed by atoms with Crippen molar-refractivity contribution in [3.05, 3.63) is 32.4 Å². The number of nitrogens with zero attached hydrogens (tertiary/aromatic N) is 3. The van der Waals surface area contributed by atoms with Crippen LogP contribution in [0.5, 0.6) is 0 Å². The van der Waals surface area contributed by atoms with Crippen LogP contribution in [0.1, 0.15) is 41.4 Å². The lowest BCUT2D eigenvalue weighted by Gasteiger charge is -2.09. The summed E-state index contributed by atoms with van der Waals surface area (Å²) in [6.07, 6.45) is 4.93. The first-order valence-corrected chi connectivity index (χ1v) is 9.83. The highest BCUT2D eigenvalue weighted by atomic mass is 32.1. The fourth-order valence-electron chi connectivity index (χ4n) is 3.09. The molecule has 4 rings (SSSR count). The van der Waals surface area contributed by atoms with Gasteiger partial charge in [0.1, 0.15) is 16.5 Å². The summed E-state index contributed by atoms with van der Waals surface area (Å²) in [6, 6.07) is 0. The van der Waals surface area contributed by atoms with Crippen molar-refractivity contribution in [3.63, 3.8) is 0 Å². The van der Waals surface area contributed by atoms with E-state index in [-0.39, 0.29) is 17.9 Å². The zero-order valence-electron chi connectivity index (χ0n) is 13.7. The van der Waals surface area contributed by atoms with Gasteiger partial charge in [0, 0.05) is 29.3 Å². The van der Waals surface area contributed by atoms with Crippen LogP contribution in [0.3, 0.4) is 0 Å². The second-order valence-corrected chi connectivity index (χ2v) is 7.93. The van der Waals surface area contributed by atoms with Gasteiger partial charge < -0.3 is 10.3 Å². The van der Waals surface area contributed by atoms with Crippen molar-refractivity contribution in [2.24, 2.45) is 0 Å². The van der Waals surface area contributed by atoms with Crippen LogP contribution in [0.4, 0.5) is 5.13 Å². The Balaban J connectivity index is 1.50. The van der Waals surface area contributed by atoms with Crippen molar-refractivity contribution in [2.75, 3.05) is 5.32 Å². The van der Waals surface area contributed by atoms with Gasteiger partial charge in [0.05, 0.1) is 5.39 Å². The van der Waals surface area contributed by atoms with Crippen molar-refractivity contribution in [2.45, 2.75) is 45.4 Å². The highest BCUT2D eigenvalue weighted by Crippen LogP contribution is 2.33. The molecule has 0 unspecified atom stereocenters. The zero-order chi connectivity index (χ0) is 17.4. The third-order valence-corrected chi connectivity index (χ3v) is 6.14. The minimum Gasteiger partial charge on any atom is -0.310 e. The number of anilines is 1. The van der Waals surface area contributed by atoms with Crippen LogP contribution in [0.2, 0.25) is 0 Å². The van der Waals surface area contributed by atoms with Crippen LogP contribution < -0.4 is 10.9 Å². The lowest BCUT2D eigenvalue weighted by molar-refractivity contribution is -0.116. The van der Waals surface area contributed by atoms with Gasteiger partial charge in [-0.25, -0.2) is 9.97 Å². The second kappa shape index (κ2) is 6.64. The molecule has 130 valence electrons. The molecular formula is C16H17N5O2S2. The number of carbonyl (C=O) groups excluding carboxylic acids is 1. The molecule has 2 N–H and O–H groups in total. The third kappa shape index (κ3) is 3.34. The maximum atomic E-state index is 12.5. The first kappa shape index (κ1) is 16.3. The number of fused-ring (bicyclic) bond motifs is 3. The fourth-order valence-corrected chi connectivity index (χ4v) is 4.96. The molecule has 3 heterocycles. The predicted molar refractivity (Wildman–Crippen MR) is 98.5 cm³/mol. The Kier molecular flexibility index (Phi) is 4.34. The number of amides is 1. The molecule has 0 bridgehead atoms. The number of aromatic amines is 1. The van der Waals surface area contributed by atoms with Crippen LogP contribution in [0.15, 0.2) is 4.79 Å². The van der Waals surface area contributed by atoms with E-state index in [1.165, 1.54) is 16.9 Å². The monoisotopic (exact) mass is 375 g/mol. The van der Waals surface area contributed by atoms with Crippen molar-refractivity contribution in [1.82, 2.24) is 19.3 Å². The summed E-state index contributed by atoms with van der Waals surface area (Å²) in [5, 5.41) is 3.95. The lowest BCUT2D eigenvalue weighted by atomic mass is 9.97. The first-order valence-electron chi connectivity index (χ1n) is 8.24. The standard InChI is InChI=1S/C16H17N5O2S2/c1-8-17-16(25-21-8)20-12(22)7-6-11-18-14(23)13-9-4-2-3-5-10(9)24-15(13)19-11/h2-7H2,1H3,(H,18,19,23)(H,17,20,21,22). The van der Waals surface area contributed by atoms with Gasteiger partial charge in [0.25, 0.3) is 5.56 Å². The van der Waals surface area contributed by atoms with Crippen molar-refractivity contribution in [3.8, 4) is 0 Å². The van der Waals surface area contributed by atoms with Gasteiger partial charge in [-0.05, 0) is 38.2 Å².